The van der Waals surface area contributed by atoms with Crippen LogP contribution >= 0.6 is 0 Å². The molecular formula is C18H25F3OSi. The number of aryl methyl sites for hydroxylation is 1. The maximum Gasteiger partial charge on any atom is 0.428 e. The molecule has 128 valence electrons. The van der Waals surface area contributed by atoms with Crippen molar-refractivity contribution in [1.29, 1.82) is 0 Å². The molecule has 0 saturated heterocycles. The molecule has 0 aliphatic rings. The van der Waals surface area contributed by atoms with Crippen molar-refractivity contribution in [2.45, 2.75) is 63.5 Å². The molecule has 0 radical (unpaired) electrons. The summed E-state index contributed by atoms with van der Waals surface area (Å²) in [5, 5.41) is 10.2. The summed E-state index contributed by atoms with van der Waals surface area (Å²) < 4.78 is 40.1. The van der Waals surface area contributed by atoms with Crippen molar-refractivity contribution in [3.8, 4) is 11.5 Å². The van der Waals surface area contributed by atoms with Gasteiger partial charge in [-0.15, -0.1) is 5.54 Å². The summed E-state index contributed by atoms with van der Waals surface area (Å²) >= 11 is 0. The van der Waals surface area contributed by atoms with Crippen LogP contribution in [0.3, 0.4) is 0 Å². The van der Waals surface area contributed by atoms with Crippen molar-refractivity contribution in [3.63, 3.8) is 0 Å². The van der Waals surface area contributed by atoms with Gasteiger partial charge in [-0.25, -0.2) is 0 Å². The lowest BCUT2D eigenvalue weighted by molar-refractivity contribution is -0.237. The van der Waals surface area contributed by atoms with E-state index in [0.29, 0.717) is 0 Å². The quantitative estimate of drug-likeness (QED) is 0.572. The molecule has 0 aromatic heterocycles. The van der Waals surface area contributed by atoms with Gasteiger partial charge in [-0.1, -0.05) is 57.0 Å². The van der Waals surface area contributed by atoms with Crippen LogP contribution in [0.15, 0.2) is 30.3 Å². The zero-order chi connectivity index (χ0) is 17.6. The van der Waals surface area contributed by atoms with Crippen molar-refractivity contribution >= 4 is 8.07 Å². The molecule has 1 atom stereocenters. The predicted molar refractivity (Wildman–Crippen MR) is 90.7 cm³/mol. The first-order valence-electron chi connectivity index (χ1n) is 8.09. The van der Waals surface area contributed by atoms with Crippen LogP contribution in [0.5, 0.6) is 0 Å². The van der Waals surface area contributed by atoms with E-state index in [4.69, 9.17) is 0 Å². The monoisotopic (exact) mass is 342 g/mol. The van der Waals surface area contributed by atoms with Gasteiger partial charge in [-0.05, 0) is 30.1 Å². The molecule has 1 unspecified atom stereocenters. The number of rotatable bonds is 6. The van der Waals surface area contributed by atoms with E-state index in [1.54, 1.807) is 24.3 Å². The number of aliphatic hydroxyl groups is 1. The molecule has 0 amide bonds. The van der Waals surface area contributed by atoms with Crippen LogP contribution in [-0.4, -0.2) is 25.0 Å². The largest absolute Gasteiger partial charge is 0.428 e. The molecule has 5 heteroatoms. The molecule has 0 spiro atoms. The minimum absolute atomic E-state index is 0.143. The standard InChI is InChI=1S/C18H25F3OSi/c1-4-23(5-2,6-3)15-14-17(22,18(19,20)21)13-12-16-10-8-7-9-11-16/h7-11,22H,4-6,12-13H2,1-3H3. The van der Waals surface area contributed by atoms with Crippen LogP contribution in [0, 0.1) is 11.5 Å². The summed E-state index contributed by atoms with van der Waals surface area (Å²) in [5.74, 6) is 2.24. The molecule has 0 aliphatic carbocycles. The van der Waals surface area contributed by atoms with Gasteiger partial charge < -0.3 is 5.11 Å². The van der Waals surface area contributed by atoms with Gasteiger partial charge in [0.2, 0.25) is 5.60 Å². The Hall–Kier alpha value is -1.25. The Kier molecular flexibility index (Phi) is 6.91. The van der Waals surface area contributed by atoms with Crippen LogP contribution in [0.2, 0.25) is 18.1 Å². The SMILES string of the molecule is CC[Si](C#CC(O)(CCc1ccccc1)C(F)(F)F)(CC)CC. The zero-order valence-corrected chi connectivity index (χ0v) is 15.0. The molecule has 0 saturated carbocycles. The third-order valence-corrected chi connectivity index (χ3v) is 9.37. The van der Waals surface area contributed by atoms with Crippen LogP contribution in [0.1, 0.15) is 32.8 Å². The van der Waals surface area contributed by atoms with E-state index in [1.165, 1.54) is 0 Å². The average molecular weight is 342 g/mol. The molecule has 0 heterocycles. The maximum atomic E-state index is 13.4. The number of alkyl halides is 3. The highest BCUT2D eigenvalue weighted by Gasteiger charge is 2.52. The lowest BCUT2D eigenvalue weighted by Crippen LogP contribution is -2.45. The van der Waals surface area contributed by atoms with E-state index in [0.717, 1.165) is 23.7 Å². The number of hydrogen-bond donors (Lipinski definition) is 1. The summed E-state index contributed by atoms with van der Waals surface area (Å²) in [6.45, 7) is 5.93. The molecule has 23 heavy (non-hydrogen) atoms. The fraction of sp³-hybridized carbons (Fsp3) is 0.556. The van der Waals surface area contributed by atoms with Gasteiger partial charge in [0.15, 0.2) is 0 Å². The van der Waals surface area contributed by atoms with E-state index in [-0.39, 0.29) is 6.42 Å². The van der Waals surface area contributed by atoms with Crippen LogP contribution < -0.4 is 0 Å². The lowest BCUT2D eigenvalue weighted by Gasteiger charge is -2.27. The van der Waals surface area contributed by atoms with Gasteiger partial charge in [-0.2, -0.15) is 13.2 Å². The van der Waals surface area contributed by atoms with E-state index in [9.17, 15) is 18.3 Å². The second kappa shape index (κ2) is 8.03. The van der Waals surface area contributed by atoms with Crippen molar-refractivity contribution in [2.24, 2.45) is 0 Å². The Morgan fingerprint density at radius 3 is 1.96 bits per heavy atom. The fourth-order valence-electron chi connectivity index (χ4n) is 2.50. The smallest absolute Gasteiger partial charge is 0.370 e. The van der Waals surface area contributed by atoms with E-state index >= 15 is 0 Å². The summed E-state index contributed by atoms with van der Waals surface area (Å²) in [7, 11) is -2.04. The zero-order valence-electron chi connectivity index (χ0n) is 14.0. The highest BCUT2D eigenvalue weighted by molar-refractivity contribution is 6.87. The molecule has 1 rings (SSSR count). The first kappa shape index (κ1) is 19.8. The van der Waals surface area contributed by atoms with E-state index in [1.807, 2.05) is 26.8 Å². The Morgan fingerprint density at radius 1 is 1.00 bits per heavy atom. The van der Waals surface area contributed by atoms with E-state index in [2.05, 4.69) is 11.5 Å². The highest BCUT2D eigenvalue weighted by Crippen LogP contribution is 2.34. The van der Waals surface area contributed by atoms with Crippen molar-refractivity contribution < 1.29 is 18.3 Å². The summed E-state index contributed by atoms with van der Waals surface area (Å²) in [4.78, 5) is 0. The Bertz CT molecular complexity index is 533. The summed E-state index contributed by atoms with van der Waals surface area (Å²) in [5.41, 5.74) is 0.720. The Morgan fingerprint density at radius 2 is 1.52 bits per heavy atom. The van der Waals surface area contributed by atoms with Crippen molar-refractivity contribution in [1.82, 2.24) is 0 Å². The van der Waals surface area contributed by atoms with Crippen molar-refractivity contribution in [2.75, 3.05) is 0 Å². The molecule has 0 bridgehead atoms. The first-order chi connectivity index (χ1) is 10.7. The third kappa shape index (κ3) is 5.12. The second-order valence-corrected chi connectivity index (χ2v) is 10.9. The number of hydrogen-bond acceptors (Lipinski definition) is 1. The lowest BCUT2D eigenvalue weighted by atomic mass is 9.95. The number of benzene rings is 1. The Balaban J connectivity index is 3.05. The fourth-order valence-corrected chi connectivity index (χ4v) is 5.00. The molecule has 1 aromatic rings. The van der Waals surface area contributed by atoms with Gasteiger partial charge >= 0.3 is 6.18 Å². The van der Waals surface area contributed by atoms with Gasteiger partial charge in [0, 0.05) is 6.42 Å². The molecule has 0 fully saturated rings. The predicted octanol–water partition coefficient (Wildman–Crippen LogP) is 4.96. The van der Waals surface area contributed by atoms with Gasteiger partial charge in [0.25, 0.3) is 0 Å². The number of halogens is 3. The first-order valence-corrected chi connectivity index (χ1v) is 10.7. The minimum atomic E-state index is -4.75. The van der Waals surface area contributed by atoms with E-state index < -0.39 is 26.3 Å². The highest BCUT2D eigenvalue weighted by atomic mass is 28.3. The summed E-state index contributed by atoms with van der Waals surface area (Å²) in [6, 6.07) is 11.3. The summed E-state index contributed by atoms with van der Waals surface area (Å²) in [6.07, 6.45) is -5.04. The molecule has 1 aromatic carbocycles. The maximum absolute atomic E-state index is 13.4. The average Bonchev–Trinajstić information content (AvgIpc) is 2.55. The van der Waals surface area contributed by atoms with Crippen LogP contribution in [0.4, 0.5) is 13.2 Å². The minimum Gasteiger partial charge on any atom is -0.370 e. The van der Waals surface area contributed by atoms with Gasteiger partial charge in [0.05, 0.1) is 0 Å². The van der Waals surface area contributed by atoms with Gasteiger partial charge in [0.1, 0.15) is 8.07 Å². The van der Waals surface area contributed by atoms with Crippen LogP contribution in [-0.2, 0) is 6.42 Å². The topological polar surface area (TPSA) is 20.2 Å². The molecule has 1 nitrogen and oxygen atoms in total. The second-order valence-electron chi connectivity index (χ2n) is 5.93. The van der Waals surface area contributed by atoms with Gasteiger partial charge in [-0.3, -0.25) is 0 Å². The van der Waals surface area contributed by atoms with Crippen LogP contribution in [0.25, 0.3) is 0 Å². The normalized spacial score (nSPS) is 14.7. The van der Waals surface area contributed by atoms with Crippen molar-refractivity contribution in [3.05, 3.63) is 35.9 Å². The Labute approximate surface area is 137 Å². The molecular weight excluding hydrogens is 317 g/mol. The molecule has 1 N–H and O–H groups in total. The molecule has 0 aliphatic heterocycles. The third-order valence-electron chi connectivity index (χ3n) is 4.65.